The highest BCUT2D eigenvalue weighted by Crippen LogP contribution is 2.40. The maximum absolute atomic E-state index is 11.1. The molecule has 108 valence electrons. The molecule has 3 aromatic rings. The molecular weight excluding hydrogens is 294 g/mol. The number of aldehydes is 1. The minimum absolute atomic E-state index is 0.574. The number of hydrogen-bond donors (Lipinski definition) is 0. The largest absolute Gasteiger partial charge is 0.318 e. The van der Waals surface area contributed by atoms with Crippen LogP contribution in [0.3, 0.4) is 0 Å². The van der Waals surface area contributed by atoms with Crippen molar-refractivity contribution in [2.75, 3.05) is 0 Å². The molecule has 0 N–H and O–H groups in total. The SMILES string of the molecule is [C-]#[N+]c1cc(-c2ccccn2)sc1-n1c(C)cc(C=O)c1C. The highest BCUT2D eigenvalue weighted by atomic mass is 32.1. The molecule has 0 saturated heterocycles. The Morgan fingerprint density at radius 3 is 2.73 bits per heavy atom. The van der Waals surface area contributed by atoms with Gasteiger partial charge in [0.1, 0.15) is 5.00 Å². The number of carbonyl (C=O) groups excluding carboxylic acids is 1. The number of thiophene rings is 1. The van der Waals surface area contributed by atoms with Crippen LogP contribution in [0, 0.1) is 20.4 Å². The minimum Gasteiger partial charge on any atom is -0.318 e. The molecule has 0 fully saturated rings. The molecule has 0 aromatic carbocycles. The van der Waals surface area contributed by atoms with E-state index in [0.717, 1.165) is 33.2 Å². The molecule has 0 unspecified atom stereocenters. The zero-order chi connectivity index (χ0) is 15.7. The summed E-state index contributed by atoms with van der Waals surface area (Å²) in [5.74, 6) is 0. The summed E-state index contributed by atoms with van der Waals surface area (Å²) in [7, 11) is 0. The molecule has 3 heterocycles. The fraction of sp³-hybridized carbons (Fsp3) is 0.118. The third-order valence-corrected chi connectivity index (χ3v) is 4.66. The Morgan fingerprint density at radius 1 is 1.32 bits per heavy atom. The van der Waals surface area contributed by atoms with Gasteiger partial charge in [0.15, 0.2) is 6.29 Å². The van der Waals surface area contributed by atoms with Crippen LogP contribution in [0.2, 0.25) is 0 Å². The van der Waals surface area contributed by atoms with Crippen molar-refractivity contribution in [3.8, 4) is 15.6 Å². The first-order valence-electron chi connectivity index (χ1n) is 6.73. The van der Waals surface area contributed by atoms with Gasteiger partial charge in [-0.05, 0) is 38.1 Å². The third kappa shape index (κ3) is 2.24. The average Bonchev–Trinajstić information content (AvgIpc) is 3.08. The average molecular weight is 307 g/mol. The van der Waals surface area contributed by atoms with E-state index in [-0.39, 0.29) is 0 Å². The van der Waals surface area contributed by atoms with Crippen molar-refractivity contribution >= 4 is 23.3 Å². The summed E-state index contributed by atoms with van der Waals surface area (Å²) in [5, 5.41) is 0.832. The molecule has 4 nitrogen and oxygen atoms in total. The summed E-state index contributed by atoms with van der Waals surface area (Å²) in [6, 6.07) is 9.42. The number of aromatic nitrogens is 2. The predicted octanol–water partition coefficient (Wildman–Crippen LogP) is 4.58. The van der Waals surface area contributed by atoms with Crippen molar-refractivity contribution in [1.29, 1.82) is 0 Å². The normalized spacial score (nSPS) is 10.4. The lowest BCUT2D eigenvalue weighted by atomic mass is 10.3. The van der Waals surface area contributed by atoms with E-state index >= 15 is 0 Å². The monoisotopic (exact) mass is 307 g/mol. The van der Waals surface area contributed by atoms with Crippen molar-refractivity contribution in [2.24, 2.45) is 0 Å². The molecule has 0 radical (unpaired) electrons. The molecule has 22 heavy (non-hydrogen) atoms. The van der Waals surface area contributed by atoms with Gasteiger partial charge in [-0.25, -0.2) is 4.85 Å². The van der Waals surface area contributed by atoms with E-state index in [1.54, 1.807) is 6.20 Å². The second kappa shape index (κ2) is 5.58. The van der Waals surface area contributed by atoms with Crippen LogP contribution in [-0.4, -0.2) is 15.8 Å². The lowest BCUT2D eigenvalue weighted by Crippen LogP contribution is -1.97. The second-order valence-electron chi connectivity index (χ2n) is 4.91. The molecule has 0 saturated carbocycles. The molecule has 0 aliphatic heterocycles. The van der Waals surface area contributed by atoms with E-state index in [0.29, 0.717) is 11.3 Å². The van der Waals surface area contributed by atoms with Gasteiger partial charge in [0.25, 0.3) is 0 Å². The fourth-order valence-corrected chi connectivity index (χ4v) is 3.65. The fourth-order valence-electron chi connectivity index (χ4n) is 2.47. The molecular formula is C17H13N3OS. The van der Waals surface area contributed by atoms with Crippen LogP contribution in [0.4, 0.5) is 5.69 Å². The maximum atomic E-state index is 11.1. The highest BCUT2D eigenvalue weighted by molar-refractivity contribution is 7.18. The number of carbonyl (C=O) groups is 1. The number of rotatable bonds is 3. The number of hydrogen-bond acceptors (Lipinski definition) is 3. The first-order chi connectivity index (χ1) is 10.7. The van der Waals surface area contributed by atoms with Gasteiger partial charge in [-0.3, -0.25) is 9.78 Å². The Bertz CT molecular complexity index is 885. The van der Waals surface area contributed by atoms with Gasteiger partial charge in [-0.15, -0.1) is 11.3 Å². The standard InChI is InChI=1S/C17H13N3OS/c1-11-8-13(10-21)12(2)20(11)17-15(18-3)9-16(22-17)14-6-4-5-7-19-14/h4-10H,1-2H3. The molecule has 0 aliphatic rings. The van der Waals surface area contributed by atoms with Gasteiger partial charge in [0.05, 0.1) is 12.3 Å². The molecule has 0 amide bonds. The van der Waals surface area contributed by atoms with Crippen LogP contribution in [0.15, 0.2) is 36.5 Å². The number of aryl methyl sites for hydroxylation is 1. The number of nitrogens with zero attached hydrogens (tertiary/aromatic N) is 3. The van der Waals surface area contributed by atoms with Crippen LogP contribution in [-0.2, 0) is 0 Å². The lowest BCUT2D eigenvalue weighted by molar-refractivity contribution is 0.112. The first-order valence-corrected chi connectivity index (χ1v) is 7.54. The van der Waals surface area contributed by atoms with E-state index < -0.39 is 0 Å². The van der Waals surface area contributed by atoms with E-state index in [9.17, 15) is 4.79 Å². The predicted molar refractivity (Wildman–Crippen MR) is 88.0 cm³/mol. The smallest absolute Gasteiger partial charge is 0.222 e. The zero-order valence-electron chi connectivity index (χ0n) is 12.2. The van der Waals surface area contributed by atoms with E-state index in [4.69, 9.17) is 6.57 Å². The molecule has 0 aliphatic carbocycles. The Kier molecular flexibility index (Phi) is 3.61. The topological polar surface area (TPSA) is 39.2 Å². The van der Waals surface area contributed by atoms with E-state index in [1.807, 2.05) is 48.7 Å². The van der Waals surface area contributed by atoms with Crippen molar-refractivity contribution in [2.45, 2.75) is 13.8 Å². The van der Waals surface area contributed by atoms with Gasteiger partial charge in [0, 0.05) is 28.0 Å². The van der Waals surface area contributed by atoms with E-state index in [2.05, 4.69) is 9.83 Å². The highest BCUT2D eigenvalue weighted by Gasteiger charge is 2.17. The molecule has 0 atom stereocenters. The van der Waals surface area contributed by atoms with Crippen LogP contribution >= 0.6 is 11.3 Å². The minimum atomic E-state index is 0.574. The van der Waals surface area contributed by atoms with Gasteiger partial charge >= 0.3 is 0 Å². The third-order valence-electron chi connectivity index (χ3n) is 3.53. The van der Waals surface area contributed by atoms with Crippen LogP contribution in [0.25, 0.3) is 20.4 Å². The second-order valence-corrected chi connectivity index (χ2v) is 5.94. The Hall–Kier alpha value is -2.71. The van der Waals surface area contributed by atoms with Crippen molar-refractivity contribution in [3.63, 3.8) is 0 Å². The van der Waals surface area contributed by atoms with Gasteiger partial charge in [-0.2, -0.15) is 0 Å². The number of pyridine rings is 1. The molecule has 0 spiro atoms. The molecule has 3 rings (SSSR count). The Morgan fingerprint density at radius 2 is 2.14 bits per heavy atom. The van der Waals surface area contributed by atoms with Crippen molar-refractivity contribution < 1.29 is 4.79 Å². The molecule has 0 bridgehead atoms. The summed E-state index contributed by atoms with van der Waals surface area (Å²) < 4.78 is 1.97. The van der Waals surface area contributed by atoms with E-state index in [1.165, 1.54) is 11.3 Å². The summed E-state index contributed by atoms with van der Waals surface area (Å²) in [6.07, 6.45) is 2.59. The molecule has 5 heteroatoms. The van der Waals surface area contributed by atoms with Gasteiger partial charge in [-0.1, -0.05) is 6.07 Å². The lowest BCUT2D eigenvalue weighted by Gasteiger charge is -2.07. The zero-order valence-corrected chi connectivity index (χ0v) is 13.0. The summed E-state index contributed by atoms with van der Waals surface area (Å²) in [6.45, 7) is 11.3. The van der Waals surface area contributed by atoms with Crippen LogP contribution < -0.4 is 0 Å². The van der Waals surface area contributed by atoms with Crippen LogP contribution in [0.1, 0.15) is 21.7 Å². The van der Waals surface area contributed by atoms with Gasteiger partial charge in [0.2, 0.25) is 5.69 Å². The summed E-state index contributed by atoms with van der Waals surface area (Å²) in [5.41, 5.74) is 3.87. The maximum Gasteiger partial charge on any atom is 0.222 e. The van der Waals surface area contributed by atoms with Crippen molar-refractivity contribution in [1.82, 2.24) is 9.55 Å². The Balaban J connectivity index is 2.21. The Labute approximate surface area is 132 Å². The molecule has 3 aromatic heterocycles. The van der Waals surface area contributed by atoms with Crippen LogP contribution in [0.5, 0.6) is 0 Å². The summed E-state index contributed by atoms with van der Waals surface area (Å²) >= 11 is 1.51. The van der Waals surface area contributed by atoms with Gasteiger partial charge < -0.3 is 4.57 Å². The first kappa shape index (κ1) is 14.2. The summed E-state index contributed by atoms with van der Waals surface area (Å²) in [4.78, 5) is 20.0. The van der Waals surface area contributed by atoms with Crippen molar-refractivity contribution in [3.05, 3.63) is 64.9 Å². The quantitative estimate of drug-likeness (QED) is 0.525.